The van der Waals surface area contributed by atoms with Crippen molar-refractivity contribution in [3.8, 4) is 5.69 Å². The lowest BCUT2D eigenvalue weighted by Gasteiger charge is -2.36. The van der Waals surface area contributed by atoms with Gasteiger partial charge in [-0.2, -0.15) is 0 Å². The van der Waals surface area contributed by atoms with Gasteiger partial charge in [0.25, 0.3) is 0 Å². The molecule has 0 saturated carbocycles. The Morgan fingerprint density at radius 1 is 0.795 bits per heavy atom. The van der Waals surface area contributed by atoms with Crippen molar-refractivity contribution in [3.63, 3.8) is 0 Å². The molecular weight excluding hydrogens is 490 g/mol. The van der Waals surface area contributed by atoms with Gasteiger partial charge in [0, 0.05) is 67.8 Å². The molecule has 0 radical (unpaired) electrons. The highest BCUT2D eigenvalue weighted by Gasteiger charge is 2.20. The Morgan fingerprint density at radius 2 is 1.38 bits per heavy atom. The first-order chi connectivity index (χ1) is 18.8. The predicted octanol–water partition coefficient (Wildman–Crippen LogP) is 5.79. The molecule has 0 amide bonds. The van der Waals surface area contributed by atoms with Gasteiger partial charge in [0.1, 0.15) is 0 Å². The van der Waals surface area contributed by atoms with Crippen LogP contribution in [0.25, 0.3) is 16.6 Å². The van der Waals surface area contributed by atoms with Crippen LogP contribution in [0, 0.1) is 0 Å². The lowest BCUT2D eigenvalue weighted by molar-refractivity contribution is -0.134. The summed E-state index contributed by atoms with van der Waals surface area (Å²) in [7, 11) is 0. The van der Waals surface area contributed by atoms with Crippen LogP contribution in [0.1, 0.15) is 30.9 Å². The van der Waals surface area contributed by atoms with E-state index < -0.39 is 11.9 Å². The third-order valence-electron chi connectivity index (χ3n) is 6.87. The van der Waals surface area contributed by atoms with Crippen LogP contribution in [-0.4, -0.2) is 57.8 Å². The number of carboxylic acids is 2. The minimum atomic E-state index is -1.26. The van der Waals surface area contributed by atoms with E-state index >= 15 is 0 Å². The van der Waals surface area contributed by atoms with Crippen LogP contribution < -0.4 is 4.90 Å². The van der Waals surface area contributed by atoms with Crippen molar-refractivity contribution in [3.05, 3.63) is 108 Å². The Hall–Kier alpha value is -4.36. The summed E-state index contributed by atoms with van der Waals surface area (Å²) in [6.07, 6.45) is 3.49. The fourth-order valence-corrected chi connectivity index (χ4v) is 4.96. The van der Waals surface area contributed by atoms with Crippen molar-refractivity contribution < 1.29 is 19.8 Å². The van der Waals surface area contributed by atoms with Crippen molar-refractivity contribution in [1.82, 2.24) is 9.47 Å². The van der Waals surface area contributed by atoms with Crippen molar-refractivity contribution in [2.24, 2.45) is 0 Å². The summed E-state index contributed by atoms with van der Waals surface area (Å²) in [5.41, 5.74) is 6.75. The summed E-state index contributed by atoms with van der Waals surface area (Å²) >= 11 is 0. The van der Waals surface area contributed by atoms with Gasteiger partial charge in [-0.15, -0.1) is 0 Å². The van der Waals surface area contributed by atoms with Gasteiger partial charge in [-0.05, 0) is 41.3 Å². The van der Waals surface area contributed by atoms with E-state index in [0.29, 0.717) is 18.1 Å². The summed E-state index contributed by atoms with van der Waals surface area (Å²) in [5.74, 6) is -2.02. The van der Waals surface area contributed by atoms with Crippen LogP contribution in [0.5, 0.6) is 0 Å². The average Bonchev–Trinajstić information content (AvgIpc) is 3.31. The maximum atomic E-state index is 9.55. The van der Waals surface area contributed by atoms with Crippen LogP contribution in [-0.2, 0) is 16.1 Å². The zero-order valence-electron chi connectivity index (χ0n) is 22.4. The molecule has 4 aromatic rings. The summed E-state index contributed by atoms with van der Waals surface area (Å²) in [4.78, 5) is 24.2. The van der Waals surface area contributed by atoms with Crippen LogP contribution in [0.3, 0.4) is 0 Å². The van der Waals surface area contributed by atoms with Gasteiger partial charge >= 0.3 is 11.9 Å². The molecule has 1 aliphatic heterocycles. The van der Waals surface area contributed by atoms with E-state index in [9.17, 15) is 9.59 Å². The quantitative estimate of drug-likeness (QED) is 0.297. The Kier molecular flexibility index (Phi) is 9.18. The predicted molar refractivity (Wildman–Crippen MR) is 156 cm³/mol. The SMILES string of the molecule is CC(C)c1ccccc1-n1cc(CN2CCN(c3ccccc3)CC2)c2ccccc21.O=C(O)/C=C/C(=O)O. The lowest BCUT2D eigenvalue weighted by atomic mass is 10.0. The summed E-state index contributed by atoms with van der Waals surface area (Å²) < 4.78 is 2.40. The minimum Gasteiger partial charge on any atom is -0.478 e. The molecule has 0 spiro atoms. The molecule has 1 aliphatic rings. The smallest absolute Gasteiger partial charge is 0.328 e. The summed E-state index contributed by atoms with van der Waals surface area (Å²) in [6.45, 7) is 9.90. The van der Waals surface area contributed by atoms with Gasteiger partial charge in [0.15, 0.2) is 0 Å². The number of nitrogens with zero attached hydrogens (tertiary/aromatic N) is 3. The molecule has 3 aromatic carbocycles. The van der Waals surface area contributed by atoms with Gasteiger partial charge in [0.2, 0.25) is 0 Å². The highest BCUT2D eigenvalue weighted by atomic mass is 16.4. The number of anilines is 1. The highest BCUT2D eigenvalue weighted by molar-refractivity contribution is 5.89. The molecule has 2 N–H and O–H groups in total. The standard InChI is InChI=1S/C28H31N3.C4H4O4/c1-22(2)25-12-6-8-14-27(25)31-21-23(26-13-7-9-15-28(26)31)20-29-16-18-30(19-17-29)24-10-4-3-5-11-24;5-3(6)1-2-4(7)8/h3-15,21-22H,16-20H2,1-2H3;1-2H,(H,5,6)(H,7,8)/b;2-1+. The number of aliphatic carboxylic acids is 2. The number of carboxylic acid groups (broad SMARTS) is 2. The molecule has 0 bridgehead atoms. The Balaban J connectivity index is 0.000000386. The second kappa shape index (κ2) is 12.9. The third kappa shape index (κ3) is 7.15. The van der Waals surface area contributed by atoms with E-state index in [-0.39, 0.29) is 0 Å². The topological polar surface area (TPSA) is 86.0 Å². The van der Waals surface area contributed by atoms with E-state index in [1.54, 1.807) is 0 Å². The summed E-state index contributed by atoms with van der Waals surface area (Å²) in [6, 6.07) is 28.5. The molecule has 0 unspecified atom stereocenters. The number of aromatic nitrogens is 1. The van der Waals surface area contributed by atoms with Crippen molar-refractivity contribution in [1.29, 1.82) is 0 Å². The number of hydrogen-bond donors (Lipinski definition) is 2. The van der Waals surface area contributed by atoms with Gasteiger partial charge in [-0.3, -0.25) is 4.90 Å². The van der Waals surface area contributed by atoms with Crippen LogP contribution in [0.4, 0.5) is 5.69 Å². The molecule has 1 aromatic heterocycles. The lowest BCUT2D eigenvalue weighted by Crippen LogP contribution is -2.45. The van der Waals surface area contributed by atoms with Crippen LogP contribution in [0.15, 0.2) is 97.2 Å². The first-order valence-electron chi connectivity index (χ1n) is 13.2. The molecule has 7 heteroatoms. The second-order valence-electron chi connectivity index (χ2n) is 9.86. The maximum absolute atomic E-state index is 9.55. The zero-order valence-corrected chi connectivity index (χ0v) is 22.4. The van der Waals surface area contributed by atoms with Gasteiger partial charge in [0.05, 0.1) is 5.52 Å². The maximum Gasteiger partial charge on any atom is 0.328 e. The molecule has 1 saturated heterocycles. The number of rotatable bonds is 7. The average molecular weight is 526 g/mol. The normalized spacial score (nSPS) is 14.0. The van der Waals surface area contributed by atoms with E-state index in [2.05, 4.69) is 113 Å². The van der Waals surface area contributed by atoms with Crippen molar-refractivity contribution in [2.45, 2.75) is 26.3 Å². The summed E-state index contributed by atoms with van der Waals surface area (Å²) in [5, 5.41) is 17.0. The number of fused-ring (bicyclic) bond motifs is 1. The second-order valence-corrected chi connectivity index (χ2v) is 9.86. The number of hydrogen-bond acceptors (Lipinski definition) is 4. The molecule has 2 heterocycles. The molecule has 0 aliphatic carbocycles. The fraction of sp³-hybridized carbons (Fsp3) is 0.250. The fourth-order valence-electron chi connectivity index (χ4n) is 4.96. The molecule has 202 valence electrons. The van der Waals surface area contributed by atoms with Gasteiger partial charge < -0.3 is 19.7 Å². The monoisotopic (exact) mass is 525 g/mol. The molecule has 5 rings (SSSR count). The van der Waals surface area contributed by atoms with Crippen LogP contribution >= 0.6 is 0 Å². The van der Waals surface area contributed by atoms with E-state index in [4.69, 9.17) is 10.2 Å². The van der Waals surface area contributed by atoms with Crippen molar-refractivity contribution in [2.75, 3.05) is 31.1 Å². The zero-order chi connectivity index (χ0) is 27.8. The van der Waals surface area contributed by atoms with Crippen molar-refractivity contribution >= 4 is 28.5 Å². The van der Waals surface area contributed by atoms with Gasteiger partial charge in [-0.1, -0.05) is 68.4 Å². The Labute approximate surface area is 229 Å². The molecule has 39 heavy (non-hydrogen) atoms. The molecule has 0 atom stereocenters. The minimum absolute atomic E-state index is 0.492. The number of benzene rings is 3. The highest BCUT2D eigenvalue weighted by Crippen LogP contribution is 2.30. The third-order valence-corrected chi connectivity index (χ3v) is 6.87. The number of piperazine rings is 1. The van der Waals surface area contributed by atoms with Gasteiger partial charge in [-0.25, -0.2) is 9.59 Å². The largest absolute Gasteiger partial charge is 0.478 e. The first kappa shape index (κ1) is 27.7. The number of carbonyl (C=O) groups is 2. The Morgan fingerprint density at radius 3 is 2.03 bits per heavy atom. The number of para-hydroxylation sites is 3. The molecule has 1 fully saturated rings. The van der Waals surface area contributed by atoms with E-state index in [1.165, 1.54) is 33.4 Å². The Bertz CT molecular complexity index is 1420. The first-order valence-corrected chi connectivity index (χ1v) is 13.2. The van der Waals surface area contributed by atoms with E-state index in [0.717, 1.165) is 32.7 Å². The van der Waals surface area contributed by atoms with E-state index in [1.807, 2.05) is 0 Å². The molecule has 7 nitrogen and oxygen atoms in total. The molecular formula is C32H35N3O4. The van der Waals surface area contributed by atoms with Crippen LogP contribution in [0.2, 0.25) is 0 Å².